The van der Waals surface area contributed by atoms with Gasteiger partial charge < -0.3 is 15.3 Å². The van der Waals surface area contributed by atoms with Crippen molar-refractivity contribution in [1.29, 1.82) is 0 Å². The summed E-state index contributed by atoms with van der Waals surface area (Å²) in [4.78, 5) is 33.4. The Hall–Kier alpha value is -1.89. The van der Waals surface area contributed by atoms with Crippen LogP contribution in [0.3, 0.4) is 0 Å². The number of hydrogen-bond acceptors (Lipinski definition) is 3. The smallest absolute Gasteiger partial charge is 0.359 e. The number of unbranched alkanes of at least 4 members (excludes halogenated alkanes) is 12. The second-order valence-corrected chi connectivity index (χ2v) is 8.66. The maximum atomic E-state index is 11.1. The van der Waals surface area contributed by atoms with Crippen molar-refractivity contribution >= 4 is 17.9 Å². The van der Waals surface area contributed by atoms with E-state index in [9.17, 15) is 14.4 Å². The molecular formula is C24H44NO6+. The van der Waals surface area contributed by atoms with Crippen molar-refractivity contribution in [1.82, 2.24) is 0 Å². The van der Waals surface area contributed by atoms with Gasteiger partial charge in [-0.2, -0.15) is 0 Å². The van der Waals surface area contributed by atoms with Crippen molar-refractivity contribution in [3.05, 3.63) is 12.2 Å². The third-order valence-electron chi connectivity index (χ3n) is 5.54. The Morgan fingerprint density at radius 2 is 0.935 bits per heavy atom. The highest BCUT2D eigenvalue weighted by atomic mass is 16.4. The van der Waals surface area contributed by atoms with E-state index in [4.69, 9.17) is 15.3 Å². The van der Waals surface area contributed by atoms with Gasteiger partial charge in [0.15, 0.2) is 19.6 Å². The second-order valence-electron chi connectivity index (χ2n) is 8.66. The zero-order chi connectivity index (χ0) is 23.4. The number of hydrogen-bond donors (Lipinski definition) is 3. The van der Waals surface area contributed by atoms with Gasteiger partial charge in [-0.15, -0.1) is 0 Å². The lowest BCUT2D eigenvalue weighted by atomic mass is 10.0. The number of nitrogens with zero attached hydrogens (tertiary/aromatic N) is 1. The van der Waals surface area contributed by atoms with E-state index in [1.807, 2.05) is 0 Å². The Kier molecular flexibility index (Phi) is 17.7. The quantitative estimate of drug-likeness (QED) is 0.122. The lowest BCUT2D eigenvalue weighted by Crippen LogP contribution is -2.57. The molecule has 0 aliphatic heterocycles. The number of aliphatic carboxylic acids is 3. The van der Waals surface area contributed by atoms with Crippen LogP contribution in [0.5, 0.6) is 0 Å². The second kappa shape index (κ2) is 18.8. The number of allylic oxidation sites excluding steroid dienone is 2. The first-order chi connectivity index (χ1) is 14.8. The van der Waals surface area contributed by atoms with Gasteiger partial charge in [-0.25, -0.2) is 14.4 Å². The summed E-state index contributed by atoms with van der Waals surface area (Å²) in [7, 11) is 0. The molecule has 0 saturated carbocycles. The molecule has 7 nitrogen and oxygen atoms in total. The van der Waals surface area contributed by atoms with Gasteiger partial charge in [0.1, 0.15) is 0 Å². The van der Waals surface area contributed by atoms with E-state index >= 15 is 0 Å². The van der Waals surface area contributed by atoms with Crippen LogP contribution in [-0.4, -0.2) is 63.9 Å². The van der Waals surface area contributed by atoms with Gasteiger partial charge in [0.25, 0.3) is 0 Å². The van der Waals surface area contributed by atoms with Crippen LogP contribution in [-0.2, 0) is 14.4 Å². The first-order valence-electron chi connectivity index (χ1n) is 12.0. The van der Waals surface area contributed by atoms with Crippen LogP contribution in [0.1, 0.15) is 96.8 Å². The summed E-state index contributed by atoms with van der Waals surface area (Å²) < 4.78 is -0.436. The molecule has 31 heavy (non-hydrogen) atoms. The van der Waals surface area contributed by atoms with Crippen LogP contribution in [0.4, 0.5) is 0 Å². The Morgan fingerprint density at radius 3 is 1.32 bits per heavy atom. The predicted molar refractivity (Wildman–Crippen MR) is 122 cm³/mol. The average Bonchev–Trinajstić information content (AvgIpc) is 2.66. The molecule has 180 valence electrons. The van der Waals surface area contributed by atoms with Crippen LogP contribution in [0.2, 0.25) is 0 Å². The van der Waals surface area contributed by atoms with Crippen molar-refractivity contribution < 1.29 is 34.2 Å². The minimum absolute atomic E-state index is 0.262. The molecule has 0 spiro atoms. The summed E-state index contributed by atoms with van der Waals surface area (Å²) in [6, 6.07) is 0. The van der Waals surface area contributed by atoms with E-state index < -0.39 is 42.0 Å². The molecule has 0 unspecified atom stereocenters. The van der Waals surface area contributed by atoms with E-state index in [1.54, 1.807) is 0 Å². The first-order valence-corrected chi connectivity index (χ1v) is 12.0. The van der Waals surface area contributed by atoms with Crippen molar-refractivity contribution in [3.8, 4) is 0 Å². The lowest BCUT2D eigenvalue weighted by Gasteiger charge is -2.34. The fourth-order valence-corrected chi connectivity index (χ4v) is 3.97. The summed E-state index contributed by atoms with van der Waals surface area (Å²) in [5.41, 5.74) is 0. The van der Waals surface area contributed by atoms with E-state index in [1.165, 1.54) is 64.2 Å². The molecule has 0 aliphatic carbocycles. The van der Waals surface area contributed by atoms with E-state index in [2.05, 4.69) is 19.1 Å². The van der Waals surface area contributed by atoms with Crippen LogP contribution < -0.4 is 0 Å². The fourth-order valence-electron chi connectivity index (χ4n) is 3.97. The molecule has 0 aromatic heterocycles. The molecule has 0 rings (SSSR count). The summed E-state index contributed by atoms with van der Waals surface area (Å²) in [6.45, 7) is 1.02. The van der Waals surface area contributed by atoms with Gasteiger partial charge >= 0.3 is 17.9 Å². The minimum atomic E-state index is -1.17. The first kappa shape index (κ1) is 29.1. The Labute approximate surface area is 187 Å². The number of carboxylic acids is 3. The molecule has 0 aromatic carbocycles. The fraction of sp³-hybridized carbons (Fsp3) is 0.792. The topological polar surface area (TPSA) is 112 Å². The molecule has 0 fully saturated rings. The molecule has 0 radical (unpaired) electrons. The molecule has 0 bridgehead atoms. The van der Waals surface area contributed by atoms with Crippen molar-refractivity contribution in [2.24, 2.45) is 0 Å². The van der Waals surface area contributed by atoms with Gasteiger partial charge in [-0.1, -0.05) is 76.9 Å². The van der Waals surface area contributed by atoms with Gasteiger partial charge in [-0.3, -0.25) is 4.48 Å². The molecule has 0 saturated heterocycles. The minimum Gasteiger partial charge on any atom is -0.477 e. The number of carboxylic acid groups (broad SMARTS) is 3. The molecule has 0 atom stereocenters. The maximum absolute atomic E-state index is 11.1. The third-order valence-corrected chi connectivity index (χ3v) is 5.54. The van der Waals surface area contributed by atoms with Crippen molar-refractivity contribution in [3.63, 3.8) is 0 Å². The highest BCUT2D eigenvalue weighted by molar-refractivity contribution is 5.73. The summed E-state index contributed by atoms with van der Waals surface area (Å²) in [5, 5.41) is 27.3. The largest absolute Gasteiger partial charge is 0.477 e. The molecule has 0 amide bonds. The SMILES string of the molecule is CCC/C=C/CCCCCCCCCCCCC[N+](CC(=O)O)(CC(=O)O)CC(=O)O. The molecule has 7 heteroatoms. The zero-order valence-corrected chi connectivity index (χ0v) is 19.4. The lowest BCUT2D eigenvalue weighted by molar-refractivity contribution is -0.907. The van der Waals surface area contributed by atoms with Crippen molar-refractivity contribution in [2.45, 2.75) is 96.8 Å². The molecule has 0 aromatic rings. The summed E-state index contributed by atoms with van der Waals surface area (Å²) >= 11 is 0. The number of rotatable bonds is 22. The molecule has 0 heterocycles. The van der Waals surface area contributed by atoms with Gasteiger partial charge in [0.2, 0.25) is 0 Å². The van der Waals surface area contributed by atoms with Crippen LogP contribution in [0.25, 0.3) is 0 Å². The Bertz CT molecular complexity index is 491. The van der Waals surface area contributed by atoms with Crippen LogP contribution in [0, 0.1) is 0 Å². The molecule has 0 aliphatic rings. The highest BCUT2D eigenvalue weighted by Gasteiger charge is 2.35. The molecular weight excluding hydrogens is 398 g/mol. The van der Waals surface area contributed by atoms with Crippen molar-refractivity contribution in [2.75, 3.05) is 26.2 Å². The van der Waals surface area contributed by atoms with Gasteiger partial charge in [-0.05, 0) is 32.1 Å². The summed E-state index contributed by atoms with van der Waals surface area (Å²) in [5.74, 6) is -3.51. The normalized spacial score (nSPS) is 11.8. The Balaban J connectivity index is 3.86. The Morgan fingerprint density at radius 1 is 0.581 bits per heavy atom. The van der Waals surface area contributed by atoms with E-state index in [-0.39, 0.29) is 6.54 Å². The third kappa shape index (κ3) is 18.6. The number of quaternary nitrogens is 1. The van der Waals surface area contributed by atoms with E-state index in [0.717, 1.165) is 19.3 Å². The predicted octanol–water partition coefficient (Wildman–Crippen LogP) is 5.09. The maximum Gasteiger partial charge on any atom is 0.359 e. The average molecular weight is 443 g/mol. The van der Waals surface area contributed by atoms with Crippen LogP contribution in [0.15, 0.2) is 12.2 Å². The standard InChI is InChI=1S/C24H43NO6/c1-2-3-4-5-6-7-8-9-10-11-12-13-14-15-16-17-18-25(19-22(26)27,20-23(28)29)21-24(30)31/h4-5H,2-3,6-21H2,1H3,(H2-,26,27,28,29,30,31)/p+1/b5-4+. The van der Waals surface area contributed by atoms with Gasteiger partial charge in [0, 0.05) is 0 Å². The van der Waals surface area contributed by atoms with Gasteiger partial charge in [0.05, 0.1) is 6.54 Å². The monoisotopic (exact) mass is 442 g/mol. The van der Waals surface area contributed by atoms with Crippen LogP contribution >= 0.6 is 0 Å². The van der Waals surface area contributed by atoms with E-state index in [0.29, 0.717) is 6.42 Å². The molecule has 3 N–H and O–H groups in total. The summed E-state index contributed by atoms with van der Waals surface area (Å²) in [6.07, 6.45) is 20.7. The number of carbonyl (C=O) groups is 3. The zero-order valence-electron chi connectivity index (χ0n) is 19.4. The highest BCUT2D eigenvalue weighted by Crippen LogP contribution is 2.15.